The summed E-state index contributed by atoms with van der Waals surface area (Å²) in [5, 5.41) is 9.30. The standard InChI is InChI=1S/C19H32O/c1-2-3-4-5-6-7-8-9-10-11-13-18-14-12-15-19(16-18)17-20/h12,14-16,20H,2-11,13,17H2,1H3/i12D,14D,15D,16D. The summed E-state index contributed by atoms with van der Waals surface area (Å²) in [4.78, 5) is 0. The molecule has 0 amide bonds. The van der Waals surface area contributed by atoms with Gasteiger partial charge in [0, 0.05) is 0 Å². The van der Waals surface area contributed by atoms with Crippen LogP contribution in [0.1, 0.15) is 87.7 Å². The summed E-state index contributed by atoms with van der Waals surface area (Å²) in [6.07, 6.45) is 12.9. The Morgan fingerprint density at radius 3 is 2.00 bits per heavy atom. The molecule has 1 heteroatoms. The first-order valence-corrected chi connectivity index (χ1v) is 8.23. The van der Waals surface area contributed by atoms with Crippen LogP contribution < -0.4 is 0 Å². The Hall–Kier alpha value is -0.820. The van der Waals surface area contributed by atoms with Crippen molar-refractivity contribution in [2.75, 3.05) is 0 Å². The van der Waals surface area contributed by atoms with Gasteiger partial charge in [-0.05, 0) is 24.0 Å². The van der Waals surface area contributed by atoms with Crippen molar-refractivity contribution in [1.82, 2.24) is 0 Å². The van der Waals surface area contributed by atoms with Gasteiger partial charge in [-0.25, -0.2) is 0 Å². The van der Waals surface area contributed by atoms with Gasteiger partial charge < -0.3 is 5.11 Å². The van der Waals surface area contributed by atoms with E-state index in [0.717, 1.165) is 12.8 Å². The molecule has 1 rings (SSSR count). The van der Waals surface area contributed by atoms with Crippen LogP contribution in [0.4, 0.5) is 0 Å². The lowest BCUT2D eigenvalue weighted by Gasteiger charge is -2.04. The zero-order valence-electron chi connectivity index (χ0n) is 16.9. The number of hydrogen-bond acceptors (Lipinski definition) is 1. The van der Waals surface area contributed by atoms with Gasteiger partial charge in [-0.1, -0.05) is 88.9 Å². The Morgan fingerprint density at radius 1 is 0.850 bits per heavy atom. The molecule has 1 N–H and O–H groups in total. The van der Waals surface area contributed by atoms with E-state index in [4.69, 9.17) is 5.48 Å². The van der Waals surface area contributed by atoms with E-state index in [9.17, 15) is 5.11 Å². The summed E-state index contributed by atoms with van der Waals surface area (Å²) < 4.78 is 31.6. The van der Waals surface area contributed by atoms with Gasteiger partial charge in [-0.15, -0.1) is 0 Å². The molecule has 0 aliphatic rings. The number of aliphatic hydroxyl groups excluding tert-OH is 1. The highest BCUT2D eigenvalue weighted by Gasteiger charge is 1.96. The predicted octanol–water partition coefficient (Wildman–Crippen LogP) is 5.64. The van der Waals surface area contributed by atoms with Crippen LogP contribution in [-0.4, -0.2) is 5.11 Å². The second-order valence-corrected chi connectivity index (χ2v) is 5.55. The quantitative estimate of drug-likeness (QED) is 0.491. The third-order valence-corrected chi connectivity index (χ3v) is 3.67. The second kappa shape index (κ2) is 12.0. The Morgan fingerprint density at radius 2 is 1.40 bits per heavy atom. The monoisotopic (exact) mass is 280 g/mol. The largest absolute Gasteiger partial charge is 0.392 e. The van der Waals surface area contributed by atoms with Gasteiger partial charge in [-0.2, -0.15) is 0 Å². The third-order valence-electron chi connectivity index (χ3n) is 3.67. The Balaban J connectivity index is 2.34. The Bertz CT molecular complexity index is 503. The molecule has 0 fully saturated rings. The maximum absolute atomic E-state index is 9.30. The summed E-state index contributed by atoms with van der Waals surface area (Å²) in [5.74, 6) is 0. The molecular formula is C19H32O. The Labute approximate surface area is 131 Å². The molecule has 0 radical (unpaired) electrons. The molecule has 1 aromatic rings. The highest BCUT2D eigenvalue weighted by molar-refractivity contribution is 5.22. The molecule has 0 heterocycles. The SMILES string of the molecule is [2H]c1c([2H])c(CO)c([2H])c(CCCCCCCCCCCC)c1[2H]. The molecule has 0 saturated heterocycles. The summed E-state index contributed by atoms with van der Waals surface area (Å²) >= 11 is 0. The van der Waals surface area contributed by atoms with E-state index in [0.29, 0.717) is 12.0 Å². The van der Waals surface area contributed by atoms with Crippen LogP contribution in [0.2, 0.25) is 0 Å². The van der Waals surface area contributed by atoms with Crippen molar-refractivity contribution in [3.05, 3.63) is 35.3 Å². The van der Waals surface area contributed by atoms with Crippen molar-refractivity contribution < 1.29 is 10.6 Å². The van der Waals surface area contributed by atoms with Crippen LogP contribution in [0.25, 0.3) is 0 Å². The third kappa shape index (κ3) is 8.37. The van der Waals surface area contributed by atoms with Crippen molar-refractivity contribution in [3.8, 4) is 0 Å². The first-order valence-electron chi connectivity index (χ1n) is 10.2. The minimum Gasteiger partial charge on any atom is -0.392 e. The number of unbranched alkanes of at least 4 members (excludes halogenated alkanes) is 9. The summed E-state index contributed by atoms with van der Waals surface area (Å²) in [7, 11) is 0. The van der Waals surface area contributed by atoms with Crippen LogP contribution in [0.5, 0.6) is 0 Å². The van der Waals surface area contributed by atoms with E-state index >= 15 is 0 Å². The van der Waals surface area contributed by atoms with Gasteiger partial charge in [-0.3, -0.25) is 0 Å². The van der Waals surface area contributed by atoms with Crippen LogP contribution in [0.3, 0.4) is 0 Å². The van der Waals surface area contributed by atoms with E-state index < -0.39 is 6.61 Å². The molecule has 0 unspecified atom stereocenters. The maximum Gasteiger partial charge on any atom is 0.0681 e. The van der Waals surface area contributed by atoms with Crippen LogP contribution >= 0.6 is 0 Å². The van der Waals surface area contributed by atoms with Crippen molar-refractivity contribution in [1.29, 1.82) is 0 Å². The maximum atomic E-state index is 9.30. The molecule has 0 spiro atoms. The molecule has 0 aromatic heterocycles. The molecule has 0 aliphatic heterocycles. The molecule has 1 aromatic carbocycles. The average molecular weight is 280 g/mol. The lowest BCUT2D eigenvalue weighted by molar-refractivity contribution is 0.281. The number of hydrogen-bond donors (Lipinski definition) is 1. The zero-order chi connectivity index (χ0) is 17.9. The smallest absolute Gasteiger partial charge is 0.0681 e. The summed E-state index contributed by atoms with van der Waals surface area (Å²) in [6.45, 7) is 1.82. The van der Waals surface area contributed by atoms with Crippen LogP contribution in [0, 0.1) is 0 Å². The summed E-state index contributed by atoms with van der Waals surface area (Å²) in [5.41, 5.74) is 0.692. The minimum absolute atomic E-state index is 0.0156. The van der Waals surface area contributed by atoms with Crippen molar-refractivity contribution in [2.24, 2.45) is 0 Å². The topological polar surface area (TPSA) is 20.2 Å². The van der Waals surface area contributed by atoms with E-state index in [1.807, 2.05) is 0 Å². The normalized spacial score (nSPS) is 13.7. The van der Waals surface area contributed by atoms with Crippen LogP contribution in [0.15, 0.2) is 24.2 Å². The van der Waals surface area contributed by atoms with E-state index in [1.165, 1.54) is 51.4 Å². The molecule has 0 aliphatic carbocycles. The van der Waals surface area contributed by atoms with Crippen molar-refractivity contribution >= 4 is 0 Å². The van der Waals surface area contributed by atoms with Crippen molar-refractivity contribution in [2.45, 2.75) is 84.2 Å². The lowest BCUT2D eigenvalue weighted by atomic mass is 10.0. The van der Waals surface area contributed by atoms with Crippen LogP contribution in [-0.2, 0) is 13.0 Å². The fraction of sp³-hybridized carbons (Fsp3) is 0.684. The molecule has 20 heavy (non-hydrogen) atoms. The van der Waals surface area contributed by atoms with Gasteiger partial charge in [0.15, 0.2) is 0 Å². The van der Waals surface area contributed by atoms with Gasteiger partial charge in [0.25, 0.3) is 0 Å². The predicted molar refractivity (Wildman–Crippen MR) is 87.9 cm³/mol. The van der Waals surface area contributed by atoms with E-state index in [1.54, 1.807) is 0 Å². The molecule has 114 valence electrons. The lowest BCUT2D eigenvalue weighted by Crippen LogP contribution is -1.89. The van der Waals surface area contributed by atoms with Gasteiger partial charge in [0.1, 0.15) is 0 Å². The average Bonchev–Trinajstić information content (AvgIpc) is 2.58. The molecule has 0 bridgehead atoms. The van der Waals surface area contributed by atoms with Gasteiger partial charge in [0.2, 0.25) is 0 Å². The van der Waals surface area contributed by atoms with E-state index in [-0.39, 0.29) is 29.7 Å². The minimum atomic E-state index is -0.408. The number of benzene rings is 1. The summed E-state index contributed by atoms with van der Waals surface area (Å²) in [6, 6.07) is -0.283. The highest BCUT2D eigenvalue weighted by Crippen LogP contribution is 2.13. The fourth-order valence-corrected chi connectivity index (χ4v) is 2.42. The second-order valence-electron chi connectivity index (χ2n) is 5.55. The Kier molecular flexibility index (Phi) is 7.06. The zero-order valence-corrected chi connectivity index (χ0v) is 12.9. The van der Waals surface area contributed by atoms with Gasteiger partial charge >= 0.3 is 0 Å². The first-order chi connectivity index (χ1) is 11.5. The van der Waals surface area contributed by atoms with E-state index in [2.05, 4.69) is 6.92 Å². The molecule has 0 atom stereocenters. The number of rotatable bonds is 12. The molecular weight excluding hydrogens is 244 g/mol. The first kappa shape index (κ1) is 11.8. The fourth-order valence-electron chi connectivity index (χ4n) is 2.42. The number of aliphatic hydroxyl groups is 1. The van der Waals surface area contributed by atoms with Gasteiger partial charge in [0.05, 0.1) is 12.1 Å². The van der Waals surface area contributed by atoms with Crippen molar-refractivity contribution in [3.63, 3.8) is 0 Å². The molecule has 0 saturated carbocycles. The highest BCUT2D eigenvalue weighted by atomic mass is 16.3. The molecule has 1 nitrogen and oxygen atoms in total.